The van der Waals surface area contributed by atoms with Gasteiger partial charge in [0.2, 0.25) is 11.9 Å². The molecule has 1 aromatic carbocycles. The van der Waals surface area contributed by atoms with E-state index in [4.69, 9.17) is 11.6 Å². The Labute approximate surface area is 129 Å². The molecule has 0 aliphatic carbocycles. The van der Waals surface area contributed by atoms with E-state index >= 15 is 0 Å². The molecule has 1 amide bonds. The second kappa shape index (κ2) is 5.84. The lowest BCUT2D eigenvalue weighted by atomic mass is 10.2. The maximum Gasteiger partial charge on any atom is 0.249 e. The van der Waals surface area contributed by atoms with Crippen molar-refractivity contribution < 1.29 is 13.6 Å². The quantitative estimate of drug-likeness (QED) is 0.943. The number of hydrogen-bond donors (Lipinski definition) is 1. The Bertz CT molecular complexity index is 690. The van der Waals surface area contributed by atoms with Gasteiger partial charge in [-0.1, -0.05) is 17.7 Å². The van der Waals surface area contributed by atoms with Crippen LogP contribution in [-0.2, 0) is 4.79 Å². The van der Waals surface area contributed by atoms with Crippen molar-refractivity contribution in [3.05, 3.63) is 47.2 Å². The summed E-state index contributed by atoms with van der Waals surface area (Å²) in [4.78, 5) is 21.3. The van der Waals surface area contributed by atoms with Crippen molar-refractivity contribution in [1.82, 2.24) is 9.97 Å². The first-order valence-electron chi connectivity index (χ1n) is 6.56. The summed E-state index contributed by atoms with van der Waals surface area (Å²) in [6.07, 6.45) is 3.17. The molecular formula is C14H11ClF2N4O. The minimum atomic E-state index is -0.767. The van der Waals surface area contributed by atoms with Crippen molar-refractivity contribution in [3.63, 3.8) is 0 Å². The SMILES string of the molecule is O=C1C(Nc2ncc(Cl)cn2)CCN1c1c(F)cccc1F. The number of anilines is 2. The van der Waals surface area contributed by atoms with Crippen LogP contribution in [0.5, 0.6) is 0 Å². The minimum Gasteiger partial charge on any atom is -0.342 e. The zero-order chi connectivity index (χ0) is 15.7. The van der Waals surface area contributed by atoms with Gasteiger partial charge in [0.25, 0.3) is 0 Å². The topological polar surface area (TPSA) is 58.1 Å². The van der Waals surface area contributed by atoms with Crippen LogP contribution in [0.15, 0.2) is 30.6 Å². The van der Waals surface area contributed by atoms with Crippen LogP contribution in [0.4, 0.5) is 20.4 Å². The Kier molecular flexibility index (Phi) is 3.89. The number of carbonyl (C=O) groups is 1. The van der Waals surface area contributed by atoms with Crippen molar-refractivity contribution in [2.45, 2.75) is 12.5 Å². The van der Waals surface area contributed by atoms with E-state index in [1.54, 1.807) is 0 Å². The maximum atomic E-state index is 13.8. The molecule has 8 heteroatoms. The number of amides is 1. The number of carbonyl (C=O) groups excluding carboxylic acids is 1. The van der Waals surface area contributed by atoms with Crippen molar-refractivity contribution in [1.29, 1.82) is 0 Å². The summed E-state index contributed by atoms with van der Waals surface area (Å²) in [5, 5.41) is 3.21. The molecule has 1 saturated heterocycles. The molecule has 0 radical (unpaired) electrons. The molecule has 2 heterocycles. The molecule has 1 atom stereocenters. The second-order valence-corrected chi connectivity index (χ2v) is 5.21. The molecule has 0 bridgehead atoms. The van der Waals surface area contributed by atoms with Crippen LogP contribution >= 0.6 is 11.6 Å². The van der Waals surface area contributed by atoms with Gasteiger partial charge in [0.1, 0.15) is 23.4 Å². The highest BCUT2D eigenvalue weighted by Crippen LogP contribution is 2.28. The molecular weight excluding hydrogens is 314 g/mol. The monoisotopic (exact) mass is 324 g/mol. The van der Waals surface area contributed by atoms with Crippen molar-refractivity contribution >= 4 is 29.1 Å². The fourth-order valence-corrected chi connectivity index (χ4v) is 2.42. The highest BCUT2D eigenvalue weighted by Gasteiger charge is 2.35. The molecule has 5 nitrogen and oxygen atoms in total. The Morgan fingerprint density at radius 1 is 1.23 bits per heavy atom. The second-order valence-electron chi connectivity index (χ2n) is 4.77. The van der Waals surface area contributed by atoms with Crippen LogP contribution in [0.2, 0.25) is 5.02 Å². The molecule has 0 saturated carbocycles. The number of benzene rings is 1. The fraction of sp³-hybridized carbons (Fsp3) is 0.214. The molecule has 2 aromatic rings. The highest BCUT2D eigenvalue weighted by atomic mass is 35.5. The van der Waals surface area contributed by atoms with E-state index in [1.807, 2.05) is 0 Å². The van der Waals surface area contributed by atoms with Crippen molar-refractivity contribution in [2.24, 2.45) is 0 Å². The van der Waals surface area contributed by atoms with Crippen molar-refractivity contribution in [2.75, 3.05) is 16.8 Å². The summed E-state index contributed by atoms with van der Waals surface area (Å²) in [6.45, 7) is 0.210. The minimum absolute atomic E-state index is 0.210. The van der Waals surface area contributed by atoms with Gasteiger partial charge < -0.3 is 10.2 Å². The molecule has 1 unspecified atom stereocenters. The zero-order valence-corrected chi connectivity index (χ0v) is 12.0. The van der Waals surface area contributed by atoms with Gasteiger partial charge in [-0.15, -0.1) is 0 Å². The normalized spacial score (nSPS) is 17.9. The Hall–Kier alpha value is -2.28. The van der Waals surface area contributed by atoms with Gasteiger partial charge in [-0.25, -0.2) is 18.7 Å². The number of nitrogens with zero attached hydrogens (tertiary/aromatic N) is 3. The molecule has 1 aromatic heterocycles. The van der Waals surface area contributed by atoms with Gasteiger partial charge in [0.15, 0.2) is 0 Å². The van der Waals surface area contributed by atoms with Gasteiger partial charge >= 0.3 is 0 Å². The maximum absolute atomic E-state index is 13.8. The average Bonchev–Trinajstić information content (AvgIpc) is 2.83. The predicted molar refractivity (Wildman–Crippen MR) is 77.8 cm³/mol. The Morgan fingerprint density at radius 3 is 2.50 bits per heavy atom. The first-order valence-corrected chi connectivity index (χ1v) is 6.93. The number of nitrogens with one attached hydrogen (secondary N) is 1. The number of para-hydroxylation sites is 1. The number of hydrogen-bond acceptors (Lipinski definition) is 4. The van der Waals surface area contributed by atoms with E-state index in [2.05, 4.69) is 15.3 Å². The molecule has 3 rings (SSSR count). The summed E-state index contributed by atoms with van der Waals surface area (Å²) >= 11 is 5.68. The van der Waals surface area contributed by atoms with Crippen molar-refractivity contribution in [3.8, 4) is 0 Å². The first kappa shape index (κ1) is 14.6. The van der Waals surface area contributed by atoms with Crippen LogP contribution in [0.3, 0.4) is 0 Å². The first-order chi connectivity index (χ1) is 10.6. The van der Waals surface area contributed by atoms with Crippen LogP contribution in [0, 0.1) is 11.6 Å². The number of aromatic nitrogens is 2. The molecule has 114 valence electrons. The summed E-state index contributed by atoms with van der Waals surface area (Å²) in [6, 6.07) is 2.86. The van der Waals surface area contributed by atoms with Crippen LogP contribution in [-0.4, -0.2) is 28.5 Å². The summed E-state index contributed by atoms with van der Waals surface area (Å²) in [7, 11) is 0. The molecule has 0 spiro atoms. The van der Waals surface area contributed by atoms with Gasteiger partial charge in [-0.05, 0) is 18.6 Å². The standard InChI is InChI=1S/C14H11ClF2N4O/c15-8-6-18-14(19-7-8)20-11-4-5-21(13(11)22)12-9(16)2-1-3-10(12)17/h1-3,6-7,11H,4-5H2,(H,18,19,20). The molecule has 1 fully saturated rings. The Morgan fingerprint density at radius 2 is 1.86 bits per heavy atom. The summed E-state index contributed by atoms with van der Waals surface area (Å²) < 4.78 is 27.6. The predicted octanol–water partition coefficient (Wildman–Crippen LogP) is 2.63. The smallest absolute Gasteiger partial charge is 0.249 e. The van der Waals surface area contributed by atoms with E-state index in [0.29, 0.717) is 11.4 Å². The highest BCUT2D eigenvalue weighted by molar-refractivity contribution is 6.30. The third-order valence-corrected chi connectivity index (χ3v) is 3.53. The Balaban J connectivity index is 1.79. The van der Waals surface area contributed by atoms with Crippen LogP contribution in [0.1, 0.15) is 6.42 Å². The van der Waals surface area contributed by atoms with Gasteiger partial charge in [-0.3, -0.25) is 4.79 Å². The van der Waals surface area contributed by atoms with E-state index in [0.717, 1.165) is 17.0 Å². The molecule has 22 heavy (non-hydrogen) atoms. The lowest BCUT2D eigenvalue weighted by molar-refractivity contribution is -0.117. The fourth-order valence-electron chi connectivity index (χ4n) is 2.33. The molecule has 1 aliphatic heterocycles. The van der Waals surface area contributed by atoms with Crippen LogP contribution in [0.25, 0.3) is 0 Å². The molecule has 1 N–H and O–H groups in total. The van der Waals surface area contributed by atoms with E-state index in [-0.39, 0.29) is 18.2 Å². The van der Waals surface area contributed by atoms with E-state index in [9.17, 15) is 13.6 Å². The summed E-state index contributed by atoms with van der Waals surface area (Å²) in [5.41, 5.74) is -0.325. The largest absolute Gasteiger partial charge is 0.342 e. The van der Waals surface area contributed by atoms with Gasteiger partial charge in [-0.2, -0.15) is 0 Å². The number of rotatable bonds is 3. The summed E-state index contributed by atoms with van der Waals surface area (Å²) in [5.74, 6) is -1.73. The van der Waals surface area contributed by atoms with Gasteiger partial charge in [0, 0.05) is 6.54 Å². The molecule has 1 aliphatic rings. The van der Waals surface area contributed by atoms with Gasteiger partial charge in [0.05, 0.1) is 17.4 Å². The third-order valence-electron chi connectivity index (χ3n) is 3.34. The van der Waals surface area contributed by atoms with Crippen LogP contribution < -0.4 is 10.2 Å². The average molecular weight is 325 g/mol. The van der Waals surface area contributed by atoms with E-state index in [1.165, 1.54) is 18.5 Å². The lowest BCUT2D eigenvalue weighted by Gasteiger charge is -2.18. The lowest BCUT2D eigenvalue weighted by Crippen LogP contribution is -2.34. The van der Waals surface area contributed by atoms with E-state index < -0.39 is 23.6 Å². The number of halogens is 3. The zero-order valence-electron chi connectivity index (χ0n) is 11.3. The third kappa shape index (κ3) is 2.71.